The van der Waals surface area contributed by atoms with E-state index in [2.05, 4.69) is 4.74 Å². The van der Waals surface area contributed by atoms with Crippen LogP contribution in [0.25, 0.3) is 5.57 Å². The molecule has 0 aromatic heterocycles. The summed E-state index contributed by atoms with van der Waals surface area (Å²) >= 11 is 0. The molecule has 16 heavy (non-hydrogen) atoms. The molecule has 1 rings (SSSR count). The van der Waals surface area contributed by atoms with E-state index in [0.717, 1.165) is 11.1 Å². The van der Waals surface area contributed by atoms with Gasteiger partial charge in [-0.1, -0.05) is 30.3 Å². The van der Waals surface area contributed by atoms with E-state index >= 15 is 0 Å². The SMILES string of the molecule is CCOC(=O)C(=O)C=C(C)c1ccccc1. The predicted octanol–water partition coefficient (Wildman–Crippen LogP) is 2.22. The first kappa shape index (κ1) is 12.2. The smallest absolute Gasteiger partial charge is 0.379 e. The Kier molecular flexibility index (Phi) is 4.45. The van der Waals surface area contributed by atoms with Crippen molar-refractivity contribution in [1.82, 2.24) is 0 Å². The first-order valence-corrected chi connectivity index (χ1v) is 5.10. The molecule has 3 heteroatoms. The molecule has 0 fully saturated rings. The summed E-state index contributed by atoms with van der Waals surface area (Å²) in [4.78, 5) is 22.5. The Labute approximate surface area is 94.7 Å². The van der Waals surface area contributed by atoms with Gasteiger partial charge in [-0.15, -0.1) is 0 Å². The number of esters is 1. The van der Waals surface area contributed by atoms with Gasteiger partial charge in [-0.05, 0) is 31.1 Å². The lowest BCUT2D eigenvalue weighted by Crippen LogP contribution is -2.15. The summed E-state index contributed by atoms with van der Waals surface area (Å²) in [5.41, 5.74) is 1.67. The number of ether oxygens (including phenoxy) is 1. The van der Waals surface area contributed by atoms with E-state index in [-0.39, 0.29) is 6.61 Å². The van der Waals surface area contributed by atoms with E-state index in [1.807, 2.05) is 30.3 Å². The fraction of sp³-hybridized carbons (Fsp3) is 0.231. The molecular weight excluding hydrogens is 204 g/mol. The number of benzene rings is 1. The Morgan fingerprint density at radius 1 is 1.25 bits per heavy atom. The minimum atomic E-state index is -0.808. The summed E-state index contributed by atoms with van der Waals surface area (Å²) < 4.78 is 4.61. The zero-order valence-electron chi connectivity index (χ0n) is 9.40. The molecule has 0 aliphatic carbocycles. The molecule has 0 N–H and O–H groups in total. The van der Waals surface area contributed by atoms with Crippen molar-refractivity contribution in [1.29, 1.82) is 0 Å². The molecule has 0 saturated heterocycles. The fourth-order valence-electron chi connectivity index (χ4n) is 1.24. The maximum absolute atomic E-state index is 11.4. The van der Waals surface area contributed by atoms with Gasteiger partial charge in [-0.2, -0.15) is 0 Å². The molecule has 0 radical (unpaired) electrons. The van der Waals surface area contributed by atoms with Crippen LogP contribution in [0.3, 0.4) is 0 Å². The van der Waals surface area contributed by atoms with Gasteiger partial charge >= 0.3 is 5.97 Å². The van der Waals surface area contributed by atoms with Crippen LogP contribution in [0.2, 0.25) is 0 Å². The maximum atomic E-state index is 11.4. The van der Waals surface area contributed by atoms with Crippen LogP contribution in [0.15, 0.2) is 36.4 Å². The summed E-state index contributed by atoms with van der Waals surface area (Å²) in [7, 11) is 0. The molecule has 0 unspecified atom stereocenters. The molecule has 0 bridgehead atoms. The summed E-state index contributed by atoms with van der Waals surface area (Å²) in [6.07, 6.45) is 1.30. The molecule has 0 saturated carbocycles. The third-order valence-electron chi connectivity index (χ3n) is 2.05. The monoisotopic (exact) mass is 218 g/mol. The number of allylic oxidation sites excluding steroid dienone is 1. The topological polar surface area (TPSA) is 43.4 Å². The van der Waals surface area contributed by atoms with Crippen LogP contribution in [0.4, 0.5) is 0 Å². The van der Waals surface area contributed by atoms with Gasteiger partial charge in [0.1, 0.15) is 0 Å². The number of carbonyl (C=O) groups excluding carboxylic acids is 2. The molecule has 0 aliphatic heterocycles. The van der Waals surface area contributed by atoms with Crippen molar-refractivity contribution < 1.29 is 14.3 Å². The lowest BCUT2D eigenvalue weighted by atomic mass is 10.1. The highest BCUT2D eigenvalue weighted by Crippen LogP contribution is 2.12. The lowest BCUT2D eigenvalue weighted by Gasteiger charge is -2.01. The summed E-state index contributed by atoms with van der Waals surface area (Å²) in [5.74, 6) is -1.43. The molecule has 0 heterocycles. The third-order valence-corrected chi connectivity index (χ3v) is 2.05. The first-order chi connectivity index (χ1) is 7.65. The number of hydrogen-bond acceptors (Lipinski definition) is 3. The van der Waals surface area contributed by atoms with Gasteiger partial charge < -0.3 is 4.74 Å². The van der Waals surface area contributed by atoms with Crippen molar-refractivity contribution >= 4 is 17.3 Å². The number of carbonyl (C=O) groups is 2. The second kappa shape index (κ2) is 5.85. The Balaban J connectivity index is 2.78. The van der Waals surface area contributed by atoms with E-state index in [1.165, 1.54) is 6.08 Å². The van der Waals surface area contributed by atoms with Gasteiger partial charge in [0.25, 0.3) is 5.78 Å². The van der Waals surface area contributed by atoms with E-state index in [9.17, 15) is 9.59 Å². The highest BCUT2D eigenvalue weighted by atomic mass is 16.5. The Hall–Kier alpha value is -1.90. The van der Waals surface area contributed by atoms with Crippen LogP contribution >= 0.6 is 0 Å². The Bertz CT molecular complexity index is 404. The largest absolute Gasteiger partial charge is 0.460 e. The van der Waals surface area contributed by atoms with E-state index < -0.39 is 11.8 Å². The van der Waals surface area contributed by atoms with Crippen LogP contribution in [0.1, 0.15) is 19.4 Å². The van der Waals surface area contributed by atoms with E-state index in [4.69, 9.17) is 0 Å². The van der Waals surface area contributed by atoms with Crippen LogP contribution in [-0.4, -0.2) is 18.4 Å². The van der Waals surface area contributed by atoms with Crippen molar-refractivity contribution in [3.8, 4) is 0 Å². The quantitative estimate of drug-likeness (QED) is 0.442. The molecule has 0 atom stereocenters. The normalized spacial score (nSPS) is 11.0. The molecule has 0 spiro atoms. The average Bonchev–Trinajstić information content (AvgIpc) is 2.30. The summed E-state index contributed by atoms with van der Waals surface area (Å²) in [6.45, 7) is 3.66. The maximum Gasteiger partial charge on any atom is 0.379 e. The minimum Gasteiger partial charge on any atom is -0.460 e. The molecule has 0 amide bonds. The van der Waals surface area contributed by atoms with Gasteiger partial charge in [-0.25, -0.2) is 4.79 Å². The van der Waals surface area contributed by atoms with Gasteiger partial charge in [0, 0.05) is 0 Å². The van der Waals surface area contributed by atoms with Crippen molar-refractivity contribution in [2.75, 3.05) is 6.61 Å². The number of hydrogen-bond donors (Lipinski definition) is 0. The zero-order valence-corrected chi connectivity index (χ0v) is 9.40. The molecule has 1 aromatic rings. The van der Waals surface area contributed by atoms with Gasteiger partial charge in [-0.3, -0.25) is 4.79 Å². The zero-order chi connectivity index (χ0) is 12.0. The fourth-order valence-corrected chi connectivity index (χ4v) is 1.24. The van der Waals surface area contributed by atoms with E-state index in [0.29, 0.717) is 0 Å². The van der Waals surface area contributed by atoms with Crippen LogP contribution in [-0.2, 0) is 14.3 Å². The summed E-state index contributed by atoms with van der Waals surface area (Å²) in [5, 5.41) is 0. The molecule has 0 aliphatic rings. The Morgan fingerprint density at radius 3 is 2.44 bits per heavy atom. The second-order valence-corrected chi connectivity index (χ2v) is 3.28. The number of ketones is 1. The third kappa shape index (κ3) is 3.35. The minimum absolute atomic E-state index is 0.211. The average molecular weight is 218 g/mol. The number of rotatable bonds is 4. The highest BCUT2D eigenvalue weighted by Gasteiger charge is 2.11. The van der Waals surface area contributed by atoms with Crippen LogP contribution in [0, 0.1) is 0 Å². The predicted molar refractivity (Wildman–Crippen MR) is 61.7 cm³/mol. The van der Waals surface area contributed by atoms with Crippen molar-refractivity contribution in [2.45, 2.75) is 13.8 Å². The summed E-state index contributed by atoms with van der Waals surface area (Å²) in [6, 6.07) is 9.40. The van der Waals surface area contributed by atoms with E-state index in [1.54, 1.807) is 13.8 Å². The highest BCUT2D eigenvalue weighted by molar-refractivity contribution is 6.39. The second-order valence-electron chi connectivity index (χ2n) is 3.28. The Morgan fingerprint density at radius 2 is 1.88 bits per heavy atom. The molecule has 84 valence electrons. The molecule has 1 aromatic carbocycles. The van der Waals surface area contributed by atoms with Gasteiger partial charge in [0.15, 0.2) is 0 Å². The van der Waals surface area contributed by atoms with Crippen LogP contribution < -0.4 is 0 Å². The van der Waals surface area contributed by atoms with Crippen LogP contribution in [0.5, 0.6) is 0 Å². The lowest BCUT2D eigenvalue weighted by molar-refractivity contribution is -0.151. The van der Waals surface area contributed by atoms with Crippen molar-refractivity contribution in [2.24, 2.45) is 0 Å². The van der Waals surface area contributed by atoms with Crippen molar-refractivity contribution in [3.05, 3.63) is 42.0 Å². The van der Waals surface area contributed by atoms with Crippen molar-refractivity contribution in [3.63, 3.8) is 0 Å². The standard InChI is InChI=1S/C13H14O3/c1-3-16-13(15)12(14)9-10(2)11-7-5-4-6-8-11/h4-9H,3H2,1-2H3. The molecular formula is C13H14O3. The first-order valence-electron chi connectivity index (χ1n) is 5.10. The van der Waals surface area contributed by atoms with Gasteiger partial charge in [0.2, 0.25) is 0 Å². The van der Waals surface area contributed by atoms with Gasteiger partial charge in [0.05, 0.1) is 6.61 Å². The molecule has 3 nitrogen and oxygen atoms in total.